The molecular formula is C22H21N3O2. The minimum absolute atomic E-state index is 0.152. The molecule has 1 spiro atoms. The lowest BCUT2D eigenvalue weighted by Crippen LogP contribution is -2.62. The molecule has 3 heterocycles. The summed E-state index contributed by atoms with van der Waals surface area (Å²) in [6, 6.07) is 11.4. The summed E-state index contributed by atoms with van der Waals surface area (Å²) >= 11 is 0. The molecule has 136 valence electrons. The van der Waals surface area contributed by atoms with Crippen LogP contribution in [0.3, 0.4) is 0 Å². The van der Waals surface area contributed by atoms with E-state index in [9.17, 15) is 9.59 Å². The van der Waals surface area contributed by atoms with E-state index >= 15 is 0 Å². The van der Waals surface area contributed by atoms with Gasteiger partial charge in [0.05, 0.1) is 16.8 Å². The summed E-state index contributed by atoms with van der Waals surface area (Å²) < 4.78 is 0. The molecule has 5 nitrogen and oxygen atoms in total. The number of fused-ring (bicyclic) bond motifs is 2. The number of nitrogens with one attached hydrogen (secondary N) is 2. The third kappa shape index (κ3) is 1.89. The van der Waals surface area contributed by atoms with Crippen molar-refractivity contribution >= 4 is 28.8 Å². The summed E-state index contributed by atoms with van der Waals surface area (Å²) in [4.78, 5) is 28.5. The monoisotopic (exact) mass is 359 g/mol. The molecular weight excluding hydrogens is 338 g/mol. The highest BCUT2D eigenvalue weighted by Crippen LogP contribution is 2.52. The van der Waals surface area contributed by atoms with E-state index in [0.717, 1.165) is 28.0 Å². The molecule has 0 saturated heterocycles. The zero-order chi connectivity index (χ0) is 19.1. The molecule has 0 fully saturated rings. The van der Waals surface area contributed by atoms with E-state index in [-0.39, 0.29) is 11.8 Å². The molecule has 3 aliphatic heterocycles. The molecule has 0 unspecified atom stereocenters. The number of amides is 2. The fraction of sp³-hybridized carbons (Fsp3) is 0.273. The maximum atomic E-state index is 13.8. The molecule has 27 heavy (non-hydrogen) atoms. The zero-order valence-corrected chi connectivity index (χ0v) is 15.8. The SMILES string of the molecule is CC1=CC(C)(C)N2C(=O)[C@@]3(NC(=O)c4ccccc4N3)c3cc(C)cc1c32. The van der Waals surface area contributed by atoms with Crippen LogP contribution in [0.4, 0.5) is 11.4 Å². The zero-order valence-electron chi connectivity index (χ0n) is 15.8. The van der Waals surface area contributed by atoms with Crippen LogP contribution in [0.2, 0.25) is 0 Å². The maximum absolute atomic E-state index is 13.8. The molecule has 0 aliphatic carbocycles. The number of nitrogens with zero attached hydrogens (tertiary/aromatic N) is 1. The van der Waals surface area contributed by atoms with Crippen molar-refractivity contribution in [3.05, 3.63) is 64.7 Å². The molecule has 0 aromatic heterocycles. The first-order chi connectivity index (χ1) is 12.7. The lowest BCUT2D eigenvalue weighted by molar-refractivity contribution is -0.123. The Balaban J connectivity index is 1.82. The van der Waals surface area contributed by atoms with Crippen molar-refractivity contribution in [1.29, 1.82) is 0 Å². The third-order valence-electron chi connectivity index (χ3n) is 5.77. The van der Waals surface area contributed by atoms with Gasteiger partial charge >= 0.3 is 0 Å². The van der Waals surface area contributed by atoms with Gasteiger partial charge in [-0.3, -0.25) is 14.5 Å². The summed E-state index contributed by atoms with van der Waals surface area (Å²) in [6.07, 6.45) is 2.12. The number of rotatable bonds is 0. The van der Waals surface area contributed by atoms with Crippen LogP contribution in [0.1, 0.15) is 47.8 Å². The van der Waals surface area contributed by atoms with Crippen LogP contribution < -0.4 is 15.5 Å². The van der Waals surface area contributed by atoms with Gasteiger partial charge in [-0.1, -0.05) is 18.2 Å². The van der Waals surface area contributed by atoms with E-state index in [0.29, 0.717) is 11.3 Å². The quantitative estimate of drug-likeness (QED) is 0.756. The van der Waals surface area contributed by atoms with E-state index in [2.05, 4.69) is 29.7 Å². The average Bonchev–Trinajstić information content (AvgIpc) is 2.82. The Bertz CT molecular complexity index is 1080. The van der Waals surface area contributed by atoms with Crippen molar-refractivity contribution in [3.8, 4) is 0 Å². The number of benzene rings is 2. The van der Waals surface area contributed by atoms with Crippen molar-refractivity contribution in [3.63, 3.8) is 0 Å². The van der Waals surface area contributed by atoms with Crippen LogP contribution in [0.15, 0.2) is 42.5 Å². The standard InChI is InChI=1S/C22H21N3O2/c1-12-9-15-13(2)11-21(3,4)25-18(15)16(10-12)22(20(25)27)23-17-8-6-5-7-14(17)19(26)24-22/h5-11,23H,1-4H3,(H,24,26)/t22-/m0/s1. The van der Waals surface area contributed by atoms with Gasteiger partial charge in [0.15, 0.2) is 0 Å². The molecule has 3 aliphatic rings. The van der Waals surface area contributed by atoms with Gasteiger partial charge in [-0.15, -0.1) is 0 Å². The molecule has 2 aromatic rings. The Labute approximate surface area is 158 Å². The molecule has 0 saturated carbocycles. The van der Waals surface area contributed by atoms with Gasteiger partial charge in [0, 0.05) is 16.8 Å². The molecule has 2 amide bonds. The van der Waals surface area contributed by atoms with Crippen molar-refractivity contribution in [2.45, 2.75) is 38.9 Å². The average molecular weight is 359 g/mol. The van der Waals surface area contributed by atoms with Gasteiger partial charge in [0.1, 0.15) is 0 Å². The van der Waals surface area contributed by atoms with Crippen LogP contribution in [-0.2, 0) is 10.5 Å². The first-order valence-electron chi connectivity index (χ1n) is 9.14. The number of carbonyl (C=O) groups is 2. The van der Waals surface area contributed by atoms with Gasteiger partial charge in [0.25, 0.3) is 11.8 Å². The lowest BCUT2D eigenvalue weighted by Gasteiger charge is -2.40. The predicted octanol–water partition coefficient (Wildman–Crippen LogP) is 3.55. The van der Waals surface area contributed by atoms with E-state index in [1.807, 2.05) is 49.9 Å². The molecule has 0 radical (unpaired) electrons. The summed E-state index contributed by atoms with van der Waals surface area (Å²) in [6.45, 7) is 8.15. The van der Waals surface area contributed by atoms with Gasteiger partial charge in [-0.25, -0.2) is 0 Å². The minimum atomic E-state index is -1.28. The lowest BCUT2D eigenvalue weighted by atomic mass is 9.87. The van der Waals surface area contributed by atoms with Crippen molar-refractivity contribution < 1.29 is 9.59 Å². The second kappa shape index (κ2) is 4.80. The highest BCUT2D eigenvalue weighted by atomic mass is 16.2. The van der Waals surface area contributed by atoms with Crippen LogP contribution in [0.25, 0.3) is 5.57 Å². The van der Waals surface area contributed by atoms with Gasteiger partial charge in [0.2, 0.25) is 5.66 Å². The van der Waals surface area contributed by atoms with Gasteiger partial charge < -0.3 is 10.6 Å². The summed E-state index contributed by atoms with van der Waals surface area (Å²) in [5.41, 5.74) is 4.41. The number of hydrogen-bond acceptors (Lipinski definition) is 3. The Morgan fingerprint density at radius 3 is 2.48 bits per heavy atom. The predicted molar refractivity (Wildman–Crippen MR) is 106 cm³/mol. The topological polar surface area (TPSA) is 61.4 Å². The van der Waals surface area contributed by atoms with Crippen molar-refractivity contribution in [2.75, 3.05) is 10.2 Å². The molecule has 5 heteroatoms. The normalized spacial score (nSPS) is 24.1. The number of allylic oxidation sites excluding steroid dienone is 1. The van der Waals surface area contributed by atoms with E-state index in [1.165, 1.54) is 0 Å². The van der Waals surface area contributed by atoms with Crippen molar-refractivity contribution in [2.24, 2.45) is 0 Å². The Morgan fingerprint density at radius 1 is 0.963 bits per heavy atom. The van der Waals surface area contributed by atoms with E-state index < -0.39 is 11.2 Å². The Kier molecular flexibility index (Phi) is 2.86. The highest BCUT2D eigenvalue weighted by Gasteiger charge is 2.59. The summed E-state index contributed by atoms with van der Waals surface area (Å²) in [5, 5.41) is 6.35. The van der Waals surface area contributed by atoms with Crippen LogP contribution in [0.5, 0.6) is 0 Å². The summed E-state index contributed by atoms with van der Waals surface area (Å²) in [5.74, 6) is -0.392. The molecule has 5 rings (SSSR count). The molecule has 0 bridgehead atoms. The smallest absolute Gasteiger partial charge is 0.279 e. The van der Waals surface area contributed by atoms with Gasteiger partial charge in [-0.05, 0) is 63.1 Å². The van der Waals surface area contributed by atoms with Crippen LogP contribution in [0, 0.1) is 6.92 Å². The number of aryl methyl sites for hydroxylation is 1. The molecule has 2 N–H and O–H groups in total. The Hall–Kier alpha value is -3.08. The Morgan fingerprint density at radius 2 is 1.70 bits per heavy atom. The first kappa shape index (κ1) is 16.1. The fourth-order valence-corrected chi connectivity index (χ4v) is 4.72. The minimum Gasteiger partial charge on any atom is -0.350 e. The van der Waals surface area contributed by atoms with Crippen LogP contribution >= 0.6 is 0 Å². The molecule has 1 atom stereocenters. The summed E-state index contributed by atoms with van der Waals surface area (Å²) in [7, 11) is 0. The van der Waals surface area contributed by atoms with E-state index in [4.69, 9.17) is 0 Å². The van der Waals surface area contributed by atoms with Crippen molar-refractivity contribution in [1.82, 2.24) is 5.32 Å². The first-order valence-corrected chi connectivity index (χ1v) is 9.14. The number of hydrogen-bond donors (Lipinski definition) is 2. The number of anilines is 2. The largest absolute Gasteiger partial charge is 0.350 e. The number of carbonyl (C=O) groups excluding carboxylic acids is 2. The fourth-order valence-electron chi connectivity index (χ4n) is 4.72. The van der Waals surface area contributed by atoms with Crippen LogP contribution in [-0.4, -0.2) is 17.4 Å². The second-order valence-corrected chi connectivity index (χ2v) is 8.20. The third-order valence-corrected chi connectivity index (χ3v) is 5.77. The maximum Gasteiger partial charge on any atom is 0.279 e. The highest BCUT2D eigenvalue weighted by molar-refractivity contribution is 6.18. The number of para-hydroxylation sites is 1. The molecule has 2 aromatic carbocycles. The van der Waals surface area contributed by atoms with E-state index in [1.54, 1.807) is 6.07 Å². The van der Waals surface area contributed by atoms with Gasteiger partial charge in [-0.2, -0.15) is 0 Å². The second-order valence-electron chi connectivity index (χ2n) is 8.20.